The fraction of sp³-hybridized carbons (Fsp3) is 0. The molecular weight excluding hydrogens is 410 g/mol. The Morgan fingerprint density at radius 3 is 0.250 bits per heavy atom. The largest absolute Gasteiger partial charge is 2.00 e. The van der Waals surface area contributed by atoms with Gasteiger partial charge in [0.2, 0.25) is 0 Å². The van der Waals surface area contributed by atoms with Crippen LogP contribution in [0.1, 0.15) is 0 Å². The Morgan fingerprint density at radius 2 is 0.250 bits per heavy atom. The van der Waals surface area contributed by atoms with Gasteiger partial charge in [-0.25, -0.2) is 0 Å². The van der Waals surface area contributed by atoms with Crippen molar-refractivity contribution in [3.63, 3.8) is 0 Å². The van der Waals surface area contributed by atoms with Gasteiger partial charge in [0, 0.05) is 0 Å². The zero-order valence-corrected chi connectivity index (χ0v) is 18.6. The van der Waals surface area contributed by atoms with E-state index in [0.717, 1.165) is 0 Å². The fourth-order valence-electron chi connectivity index (χ4n) is 0. The van der Waals surface area contributed by atoms with Crippen LogP contribution in [0.4, 0.5) is 0 Å². The summed E-state index contributed by atoms with van der Waals surface area (Å²) in [5.41, 5.74) is 0. The van der Waals surface area contributed by atoms with E-state index in [9.17, 15) is 0 Å². The van der Waals surface area contributed by atoms with E-state index >= 15 is 0 Å². The van der Waals surface area contributed by atoms with Gasteiger partial charge in [0.1, 0.15) is 0 Å². The van der Waals surface area contributed by atoms with Gasteiger partial charge in [0.05, 0.1) is 0 Å². The first-order chi connectivity index (χ1) is 0. The molecule has 12 heteroatoms. The summed E-state index contributed by atoms with van der Waals surface area (Å²) in [7, 11) is 0. The van der Waals surface area contributed by atoms with Crippen molar-refractivity contribution < 1.29 is 208 Å². The molecular formula is Cu4Na4O4. The zero-order valence-electron chi connectivity index (χ0n) is 6.84. The number of rotatable bonds is 0. The molecule has 0 bridgehead atoms. The minimum atomic E-state index is 0. The SMILES string of the molecule is [Cu+].[Cu+].[Cu+].[Cu+].[Na+].[Na+].[Na+].[Na+].[O-2].[O-2].[O-2].[O-2]. The molecule has 0 aromatic carbocycles. The normalized spacial score (nSPS) is 0. The monoisotopic (exact) mass is 408 g/mol. The molecule has 0 atom stereocenters. The van der Waals surface area contributed by atoms with Crippen LogP contribution < -0.4 is 118 Å². The fourth-order valence-corrected chi connectivity index (χ4v) is 0. The molecule has 0 aliphatic carbocycles. The number of hydrogen-bond donors (Lipinski definition) is 0. The van der Waals surface area contributed by atoms with Gasteiger partial charge >= 0.3 is 187 Å². The maximum absolute atomic E-state index is 0. The third-order valence-corrected chi connectivity index (χ3v) is 0. The second-order valence-corrected chi connectivity index (χ2v) is 0. The van der Waals surface area contributed by atoms with Crippen LogP contribution in [0.3, 0.4) is 0 Å². The molecule has 0 heterocycles. The predicted molar refractivity (Wildman–Crippen MR) is 2.75 cm³/mol. The van der Waals surface area contributed by atoms with E-state index in [1.54, 1.807) is 0 Å². The van der Waals surface area contributed by atoms with Gasteiger partial charge < -0.3 is 21.9 Å². The van der Waals surface area contributed by atoms with E-state index in [2.05, 4.69) is 0 Å². The Balaban J connectivity index is 0. The van der Waals surface area contributed by atoms with E-state index in [0.29, 0.717) is 0 Å². The maximum atomic E-state index is 0. The summed E-state index contributed by atoms with van der Waals surface area (Å²) in [4.78, 5) is 0. The van der Waals surface area contributed by atoms with Crippen molar-refractivity contribution in [2.75, 3.05) is 0 Å². The van der Waals surface area contributed by atoms with Gasteiger partial charge in [-0.2, -0.15) is 0 Å². The minimum Gasteiger partial charge on any atom is -2.00 e. The first-order valence-electron chi connectivity index (χ1n) is 0. The van der Waals surface area contributed by atoms with Crippen molar-refractivity contribution in [1.29, 1.82) is 0 Å². The van der Waals surface area contributed by atoms with E-state index in [1.807, 2.05) is 0 Å². The first-order valence-corrected chi connectivity index (χ1v) is 0. The van der Waals surface area contributed by atoms with E-state index in [-0.39, 0.29) is 208 Å². The third kappa shape index (κ3) is 101. The Bertz CT molecular complexity index is 19.0. The van der Waals surface area contributed by atoms with Crippen LogP contribution in [0.2, 0.25) is 0 Å². The van der Waals surface area contributed by atoms with Crippen molar-refractivity contribution in [2.24, 2.45) is 0 Å². The van der Waals surface area contributed by atoms with Gasteiger partial charge in [-0.3, -0.25) is 0 Å². The molecule has 0 amide bonds. The summed E-state index contributed by atoms with van der Waals surface area (Å²) in [6.45, 7) is 0. The van der Waals surface area contributed by atoms with E-state index in [4.69, 9.17) is 0 Å². The van der Waals surface area contributed by atoms with Crippen molar-refractivity contribution in [2.45, 2.75) is 0 Å². The van der Waals surface area contributed by atoms with Crippen molar-refractivity contribution in [3.8, 4) is 0 Å². The molecule has 0 rings (SSSR count). The summed E-state index contributed by atoms with van der Waals surface area (Å²) in [6, 6.07) is 0. The maximum Gasteiger partial charge on any atom is 1.00 e. The molecule has 0 N–H and O–H groups in total. The summed E-state index contributed by atoms with van der Waals surface area (Å²) >= 11 is 0. The van der Waals surface area contributed by atoms with Crippen LogP contribution >= 0.6 is 0 Å². The molecule has 0 radical (unpaired) electrons. The summed E-state index contributed by atoms with van der Waals surface area (Å²) < 4.78 is 0. The standard InChI is InChI=1S/4Cu.4Na.4O/q8*+1;4*-2. The molecule has 0 saturated carbocycles. The molecule has 0 aliphatic rings. The molecule has 0 aliphatic heterocycles. The van der Waals surface area contributed by atoms with Crippen molar-refractivity contribution in [3.05, 3.63) is 0 Å². The van der Waals surface area contributed by atoms with Gasteiger partial charge in [0.15, 0.2) is 0 Å². The number of hydrogen-bond acceptors (Lipinski definition) is 0. The Hall–Kier alpha value is 5.92. The van der Waals surface area contributed by atoms with E-state index < -0.39 is 0 Å². The minimum absolute atomic E-state index is 0. The Kier molecular flexibility index (Phi) is 1490. The third-order valence-electron chi connectivity index (χ3n) is 0. The molecule has 0 spiro atoms. The van der Waals surface area contributed by atoms with Crippen LogP contribution in [-0.2, 0) is 90.2 Å². The molecule has 0 aromatic heterocycles. The summed E-state index contributed by atoms with van der Waals surface area (Å²) in [5.74, 6) is 0. The van der Waals surface area contributed by atoms with Crippen LogP contribution in [-0.4, -0.2) is 0 Å². The molecule has 0 saturated heterocycles. The smallest absolute Gasteiger partial charge is 1.00 e. The van der Waals surface area contributed by atoms with Crippen molar-refractivity contribution in [1.82, 2.24) is 0 Å². The molecule has 0 unspecified atom stereocenters. The van der Waals surface area contributed by atoms with Crippen molar-refractivity contribution >= 4 is 0 Å². The average Bonchev–Trinajstić information content (AvgIpc) is 0. The Morgan fingerprint density at radius 1 is 0.250 bits per heavy atom. The van der Waals surface area contributed by atoms with Gasteiger partial charge in [0.25, 0.3) is 0 Å². The molecule has 0 aromatic rings. The molecule has 72 valence electrons. The zero-order chi connectivity index (χ0) is 0. The molecule has 0 fully saturated rings. The van der Waals surface area contributed by atoms with Crippen LogP contribution in [0.25, 0.3) is 0 Å². The average molecular weight is 410 g/mol. The molecule has 4 nitrogen and oxygen atoms in total. The molecule has 12 heavy (non-hydrogen) atoms. The van der Waals surface area contributed by atoms with E-state index in [1.165, 1.54) is 0 Å². The van der Waals surface area contributed by atoms with Crippen LogP contribution in [0.15, 0.2) is 0 Å². The first kappa shape index (κ1) is 146. The second kappa shape index (κ2) is 122. The summed E-state index contributed by atoms with van der Waals surface area (Å²) in [6.07, 6.45) is 0. The van der Waals surface area contributed by atoms with Crippen LogP contribution in [0.5, 0.6) is 0 Å². The van der Waals surface area contributed by atoms with Gasteiger partial charge in [-0.05, 0) is 0 Å². The summed E-state index contributed by atoms with van der Waals surface area (Å²) in [5, 5.41) is 0. The quantitative estimate of drug-likeness (QED) is 0.353. The van der Waals surface area contributed by atoms with Gasteiger partial charge in [-0.1, -0.05) is 0 Å². The van der Waals surface area contributed by atoms with Crippen LogP contribution in [0, 0.1) is 0 Å². The second-order valence-electron chi connectivity index (χ2n) is 0. The Labute approximate surface area is 203 Å². The topological polar surface area (TPSA) is 114 Å². The van der Waals surface area contributed by atoms with Gasteiger partial charge in [-0.15, -0.1) is 0 Å². The predicted octanol–water partition coefficient (Wildman–Crippen LogP) is -12.5.